The Morgan fingerprint density at radius 3 is 3.00 bits per heavy atom. The van der Waals surface area contributed by atoms with Crippen LogP contribution in [0.3, 0.4) is 0 Å². The van der Waals surface area contributed by atoms with Crippen molar-refractivity contribution in [1.82, 2.24) is 4.98 Å². The van der Waals surface area contributed by atoms with Crippen LogP contribution in [0.1, 0.15) is 23.7 Å². The molecule has 1 aromatic rings. The number of pyridine rings is 1. The molecule has 0 aromatic carbocycles. The van der Waals surface area contributed by atoms with Gasteiger partial charge in [-0.15, -0.1) is 0 Å². The second-order valence-corrected chi connectivity index (χ2v) is 3.66. The fourth-order valence-corrected chi connectivity index (χ4v) is 1.66. The minimum Gasteiger partial charge on any atom is -0.353 e. The average molecular weight is 202 g/mol. The molecule has 0 aliphatic carbocycles. The smallest absolute Gasteiger partial charge is 0.159 e. The van der Waals surface area contributed by atoms with Crippen LogP contribution < -0.4 is 4.90 Å². The Bertz CT molecular complexity index is 398. The van der Waals surface area contributed by atoms with Crippen molar-refractivity contribution in [3.63, 3.8) is 0 Å². The molecule has 15 heavy (non-hydrogen) atoms. The quantitative estimate of drug-likeness (QED) is 0.543. The molecule has 78 valence electrons. The Balaban J connectivity index is 2.24. The summed E-state index contributed by atoms with van der Waals surface area (Å²) in [6.07, 6.45) is 7.05. The molecule has 0 N–H and O–H groups in total. The number of nitrogens with zero attached hydrogens (tertiary/aromatic N) is 2. The maximum absolute atomic E-state index is 11.2. The van der Waals surface area contributed by atoms with Crippen molar-refractivity contribution in [2.45, 2.75) is 13.3 Å². The van der Waals surface area contributed by atoms with Gasteiger partial charge in [0, 0.05) is 24.8 Å². The molecule has 0 atom stereocenters. The van der Waals surface area contributed by atoms with E-state index in [1.54, 1.807) is 19.2 Å². The van der Waals surface area contributed by atoms with Crippen molar-refractivity contribution in [2.24, 2.45) is 0 Å². The molecule has 0 saturated carbocycles. The van der Waals surface area contributed by atoms with Crippen LogP contribution in [0.2, 0.25) is 0 Å². The average Bonchev–Trinajstić information content (AvgIpc) is 2.30. The maximum atomic E-state index is 11.2. The first-order valence-electron chi connectivity index (χ1n) is 5.14. The van der Waals surface area contributed by atoms with Crippen LogP contribution in [0.15, 0.2) is 30.5 Å². The number of Topliss-reactive ketones (excluding diaryl/α,β-unsaturated/α-hetero) is 1. The van der Waals surface area contributed by atoms with E-state index in [0.717, 1.165) is 30.9 Å². The standard InChI is InChI=1S/C12H14N2O/c1-10(15)11-5-6-13-12(9-11)14-7-3-2-4-8-14/h2-3,5-6,9H,4,7-8H2,1H3. The van der Waals surface area contributed by atoms with E-state index in [1.165, 1.54) is 0 Å². The lowest BCUT2D eigenvalue weighted by Gasteiger charge is -2.24. The third-order valence-corrected chi connectivity index (χ3v) is 2.53. The van der Waals surface area contributed by atoms with Crippen molar-refractivity contribution in [1.29, 1.82) is 0 Å². The van der Waals surface area contributed by atoms with Crippen LogP contribution in [0.25, 0.3) is 0 Å². The van der Waals surface area contributed by atoms with Crippen molar-refractivity contribution < 1.29 is 4.79 Å². The highest BCUT2D eigenvalue weighted by Gasteiger charge is 2.09. The summed E-state index contributed by atoms with van der Waals surface area (Å²) in [6.45, 7) is 3.44. The maximum Gasteiger partial charge on any atom is 0.159 e. The molecule has 0 radical (unpaired) electrons. The van der Waals surface area contributed by atoms with E-state index >= 15 is 0 Å². The summed E-state index contributed by atoms with van der Waals surface area (Å²) < 4.78 is 0. The topological polar surface area (TPSA) is 33.2 Å². The van der Waals surface area contributed by atoms with E-state index in [9.17, 15) is 4.79 Å². The zero-order valence-electron chi connectivity index (χ0n) is 8.81. The summed E-state index contributed by atoms with van der Waals surface area (Å²) in [5.41, 5.74) is 0.731. The largest absolute Gasteiger partial charge is 0.353 e. The predicted octanol–water partition coefficient (Wildman–Crippen LogP) is 2.05. The number of hydrogen-bond acceptors (Lipinski definition) is 3. The van der Waals surface area contributed by atoms with Crippen LogP contribution in [0.4, 0.5) is 5.82 Å². The summed E-state index contributed by atoms with van der Waals surface area (Å²) >= 11 is 0. The molecule has 2 heterocycles. The molecule has 0 spiro atoms. The molecule has 3 heteroatoms. The van der Waals surface area contributed by atoms with E-state index in [2.05, 4.69) is 22.0 Å². The molecule has 1 aliphatic rings. The molecule has 0 fully saturated rings. The van der Waals surface area contributed by atoms with Crippen LogP contribution in [-0.4, -0.2) is 23.9 Å². The molecule has 2 rings (SSSR count). The van der Waals surface area contributed by atoms with Gasteiger partial charge in [-0.3, -0.25) is 4.79 Å². The Kier molecular flexibility index (Phi) is 2.81. The molecule has 0 saturated heterocycles. The molecule has 1 aliphatic heterocycles. The van der Waals surface area contributed by atoms with Gasteiger partial charge < -0.3 is 4.90 Å². The van der Waals surface area contributed by atoms with Gasteiger partial charge in [0.1, 0.15) is 5.82 Å². The number of carbonyl (C=O) groups excluding carboxylic acids is 1. The Labute approximate surface area is 89.4 Å². The molecular formula is C12H14N2O. The van der Waals surface area contributed by atoms with E-state index in [-0.39, 0.29) is 5.78 Å². The summed E-state index contributed by atoms with van der Waals surface area (Å²) in [5, 5.41) is 0. The predicted molar refractivity (Wildman–Crippen MR) is 60.2 cm³/mol. The van der Waals surface area contributed by atoms with Gasteiger partial charge in [-0.1, -0.05) is 12.2 Å². The molecular weight excluding hydrogens is 188 g/mol. The highest BCUT2D eigenvalue weighted by molar-refractivity contribution is 5.94. The van der Waals surface area contributed by atoms with Crippen molar-refractivity contribution >= 4 is 11.6 Å². The van der Waals surface area contributed by atoms with Crippen LogP contribution >= 0.6 is 0 Å². The van der Waals surface area contributed by atoms with E-state index in [1.807, 2.05) is 6.07 Å². The second kappa shape index (κ2) is 4.26. The number of ketones is 1. The first kappa shape index (κ1) is 9.90. The van der Waals surface area contributed by atoms with Crippen molar-refractivity contribution in [2.75, 3.05) is 18.0 Å². The lowest BCUT2D eigenvalue weighted by molar-refractivity contribution is 0.101. The molecule has 3 nitrogen and oxygen atoms in total. The summed E-state index contributed by atoms with van der Waals surface area (Å²) in [6, 6.07) is 3.62. The molecule has 1 aromatic heterocycles. The third-order valence-electron chi connectivity index (χ3n) is 2.53. The molecule has 0 unspecified atom stereocenters. The number of hydrogen-bond donors (Lipinski definition) is 0. The fourth-order valence-electron chi connectivity index (χ4n) is 1.66. The number of rotatable bonds is 2. The molecule has 0 bridgehead atoms. The van der Waals surface area contributed by atoms with Crippen molar-refractivity contribution in [3.05, 3.63) is 36.0 Å². The zero-order valence-corrected chi connectivity index (χ0v) is 8.81. The van der Waals surface area contributed by atoms with Gasteiger partial charge >= 0.3 is 0 Å². The van der Waals surface area contributed by atoms with Gasteiger partial charge in [-0.2, -0.15) is 0 Å². The highest BCUT2D eigenvalue weighted by atomic mass is 16.1. The van der Waals surface area contributed by atoms with Gasteiger partial charge in [0.05, 0.1) is 0 Å². The van der Waals surface area contributed by atoms with Gasteiger partial charge in [0.25, 0.3) is 0 Å². The van der Waals surface area contributed by atoms with Gasteiger partial charge in [0.2, 0.25) is 0 Å². The SMILES string of the molecule is CC(=O)c1ccnc(N2CC=CCC2)c1. The van der Waals surface area contributed by atoms with Crippen LogP contribution in [-0.2, 0) is 0 Å². The highest BCUT2D eigenvalue weighted by Crippen LogP contribution is 2.15. The summed E-state index contributed by atoms with van der Waals surface area (Å²) in [4.78, 5) is 17.7. The van der Waals surface area contributed by atoms with E-state index < -0.39 is 0 Å². The Hall–Kier alpha value is -1.64. The molecule has 0 amide bonds. The summed E-state index contributed by atoms with van der Waals surface area (Å²) in [5.74, 6) is 0.984. The first-order valence-corrected chi connectivity index (χ1v) is 5.14. The van der Waals surface area contributed by atoms with Gasteiger partial charge in [-0.05, 0) is 25.5 Å². The monoisotopic (exact) mass is 202 g/mol. The fraction of sp³-hybridized carbons (Fsp3) is 0.333. The number of aromatic nitrogens is 1. The summed E-state index contributed by atoms with van der Waals surface area (Å²) in [7, 11) is 0. The van der Waals surface area contributed by atoms with Crippen LogP contribution in [0, 0.1) is 0 Å². The van der Waals surface area contributed by atoms with E-state index in [0.29, 0.717) is 0 Å². The normalized spacial score (nSPS) is 15.4. The van der Waals surface area contributed by atoms with Crippen LogP contribution in [0.5, 0.6) is 0 Å². The Morgan fingerprint density at radius 2 is 2.33 bits per heavy atom. The van der Waals surface area contributed by atoms with Gasteiger partial charge in [0.15, 0.2) is 5.78 Å². The second-order valence-electron chi connectivity index (χ2n) is 3.66. The van der Waals surface area contributed by atoms with Crippen molar-refractivity contribution in [3.8, 4) is 0 Å². The zero-order chi connectivity index (χ0) is 10.7. The first-order chi connectivity index (χ1) is 7.27. The lowest BCUT2D eigenvalue weighted by Crippen LogP contribution is -2.27. The minimum atomic E-state index is 0.0891. The minimum absolute atomic E-state index is 0.0891. The Morgan fingerprint density at radius 1 is 1.47 bits per heavy atom. The number of anilines is 1. The van der Waals surface area contributed by atoms with Gasteiger partial charge in [-0.25, -0.2) is 4.98 Å². The third kappa shape index (κ3) is 2.24. The van der Waals surface area contributed by atoms with E-state index in [4.69, 9.17) is 0 Å². The number of carbonyl (C=O) groups is 1. The lowest BCUT2D eigenvalue weighted by atomic mass is 10.2.